The summed E-state index contributed by atoms with van der Waals surface area (Å²) in [6.45, 7) is 12.0. The van der Waals surface area contributed by atoms with Crippen molar-refractivity contribution in [2.75, 3.05) is 19.6 Å². The number of phenolic OH excluding ortho intramolecular Hbond substituents is 1. The minimum absolute atomic E-state index is 0.368. The molecule has 0 aliphatic heterocycles. The second-order valence-corrected chi connectivity index (χ2v) is 3.41. The third-order valence-corrected chi connectivity index (χ3v) is 2.46. The first kappa shape index (κ1) is 14.0. The first-order chi connectivity index (χ1) is 7.15. The highest BCUT2D eigenvalue weighted by Gasteiger charge is 1.89. The molecule has 86 valence electrons. The van der Waals surface area contributed by atoms with Crippen LogP contribution in [0.25, 0.3) is 0 Å². The van der Waals surface area contributed by atoms with Gasteiger partial charge < -0.3 is 10.0 Å². The minimum atomic E-state index is 0.368. The van der Waals surface area contributed by atoms with Gasteiger partial charge in [-0.25, -0.2) is 0 Å². The van der Waals surface area contributed by atoms with E-state index >= 15 is 0 Å². The van der Waals surface area contributed by atoms with Gasteiger partial charge in [0.25, 0.3) is 0 Å². The molecule has 0 unspecified atom stereocenters. The van der Waals surface area contributed by atoms with E-state index in [4.69, 9.17) is 5.11 Å². The van der Waals surface area contributed by atoms with E-state index in [2.05, 4.69) is 25.7 Å². The topological polar surface area (TPSA) is 23.5 Å². The van der Waals surface area contributed by atoms with Crippen molar-refractivity contribution < 1.29 is 5.11 Å². The van der Waals surface area contributed by atoms with Crippen LogP contribution in [0.1, 0.15) is 26.3 Å². The molecule has 0 atom stereocenters. The van der Waals surface area contributed by atoms with Crippen molar-refractivity contribution in [1.82, 2.24) is 4.90 Å². The van der Waals surface area contributed by atoms with Gasteiger partial charge in [-0.1, -0.05) is 39.0 Å². The number of rotatable bonds is 3. The molecular formula is C13H23NO. The molecule has 0 bridgehead atoms. The Hall–Kier alpha value is -1.02. The van der Waals surface area contributed by atoms with E-state index in [1.807, 2.05) is 25.1 Å². The van der Waals surface area contributed by atoms with Gasteiger partial charge in [0.1, 0.15) is 5.75 Å². The Kier molecular flexibility index (Phi) is 7.74. The molecule has 1 aromatic carbocycles. The van der Waals surface area contributed by atoms with Crippen LogP contribution >= 0.6 is 0 Å². The molecule has 0 spiro atoms. The van der Waals surface area contributed by atoms with Gasteiger partial charge in [-0.05, 0) is 38.2 Å². The summed E-state index contributed by atoms with van der Waals surface area (Å²) in [6, 6.07) is 7.25. The number of hydrogen-bond acceptors (Lipinski definition) is 2. The molecule has 1 rings (SSSR count). The van der Waals surface area contributed by atoms with E-state index in [1.54, 1.807) is 6.07 Å². The van der Waals surface area contributed by atoms with Crippen molar-refractivity contribution in [1.29, 1.82) is 0 Å². The molecule has 0 heterocycles. The average Bonchev–Trinajstić information content (AvgIpc) is 2.26. The minimum Gasteiger partial charge on any atom is -0.508 e. The Morgan fingerprint density at radius 1 is 1.00 bits per heavy atom. The second-order valence-electron chi connectivity index (χ2n) is 3.41. The fourth-order valence-electron chi connectivity index (χ4n) is 1.23. The van der Waals surface area contributed by atoms with Gasteiger partial charge in [-0.2, -0.15) is 0 Å². The molecule has 2 nitrogen and oxygen atoms in total. The number of para-hydroxylation sites is 1. The maximum Gasteiger partial charge on any atom is 0.118 e. The lowest BCUT2D eigenvalue weighted by Crippen LogP contribution is -2.21. The second kappa shape index (κ2) is 8.30. The van der Waals surface area contributed by atoms with Gasteiger partial charge >= 0.3 is 0 Å². The average molecular weight is 209 g/mol. The van der Waals surface area contributed by atoms with Crippen LogP contribution in [-0.2, 0) is 0 Å². The van der Waals surface area contributed by atoms with Crippen molar-refractivity contribution in [3.63, 3.8) is 0 Å². The lowest BCUT2D eigenvalue weighted by atomic mass is 10.2. The van der Waals surface area contributed by atoms with Crippen molar-refractivity contribution in [3.05, 3.63) is 29.8 Å². The lowest BCUT2D eigenvalue weighted by Gasteiger charge is -2.13. The summed E-state index contributed by atoms with van der Waals surface area (Å²) in [7, 11) is 0. The van der Waals surface area contributed by atoms with E-state index in [0.29, 0.717) is 5.75 Å². The van der Waals surface area contributed by atoms with Crippen molar-refractivity contribution >= 4 is 0 Å². The van der Waals surface area contributed by atoms with Crippen LogP contribution in [0.15, 0.2) is 24.3 Å². The highest BCUT2D eigenvalue weighted by Crippen LogP contribution is 2.12. The smallest absolute Gasteiger partial charge is 0.118 e. The van der Waals surface area contributed by atoms with Gasteiger partial charge in [0.15, 0.2) is 0 Å². The predicted molar refractivity (Wildman–Crippen MR) is 66.3 cm³/mol. The Balaban J connectivity index is 0.000000265. The fourth-order valence-corrected chi connectivity index (χ4v) is 1.23. The summed E-state index contributed by atoms with van der Waals surface area (Å²) in [5.74, 6) is 0.368. The van der Waals surface area contributed by atoms with Gasteiger partial charge in [-0.3, -0.25) is 0 Å². The number of aromatic hydroxyl groups is 1. The molecule has 0 aromatic heterocycles. The Bertz CT molecular complexity index is 230. The van der Waals surface area contributed by atoms with Crippen LogP contribution in [0, 0.1) is 6.92 Å². The zero-order valence-electron chi connectivity index (χ0n) is 10.3. The van der Waals surface area contributed by atoms with Crippen molar-refractivity contribution in [3.8, 4) is 5.75 Å². The molecular weight excluding hydrogens is 186 g/mol. The van der Waals surface area contributed by atoms with Crippen LogP contribution in [0.3, 0.4) is 0 Å². The van der Waals surface area contributed by atoms with E-state index in [-0.39, 0.29) is 0 Å². The number of phenols is 1. The van der Waals surface area contributed by atoms with Crippen LogP contribution in [-0.4, -0.2) is 29.6 Å². The number of aryl methyl sites for hydroxylation is 1. The van der Waals surface area contributed by atoms with E-state index in [1.165, 1.54) is 19.6 Å². The first-order valence-corrected chi connectivity index (χ1v) is 5.62. The SMILES string of the molecule is CCN(CC)CC.Cc1ccccc1O. The van der Waals surface area contributed by atoms with E-state index < -0.39 is 0 Å². The zero-order chi connectivity index (χ0) is 11.7. The molecule has 1 aromatic rings. The maximum absolute atomic E-state index is 8.92. The number of hydrogen-bond donors (Lipinski definition) is 1. The highest BCUT2D eigenvalue weighted by molar-refractivity contribution is 5.29. The quantitative estimate of drug-likeness (QED) is 0.827. The molecule has 0 radical (unpaired) electrons. The van der Waals surface area contributed by atoms with E-state index in [9.17, 15) is 0 Å². The summed E-state index contributed by atoms with van der Waals surface area (Å²) in [5, 5.41) is 8.92. The van der Waals surface area contributed by atoms with Gasteiger partial charge in [0.05, 0.1) is 0 Å². The number of nitrogens with zero attached hydrogens (tertiary/aromatic N) is 1. The van der Waals surface area contributed by atoms with Gasteiger partial charge in [0, 0.05) is 0 Å². The molecule has 0 aliphatic rings. The number of benzene rings is 1. The summed E-state index contributed by atoms with van der Waals surface area (Å²) in [6.07, 6.45) is 0. The Morgan fingerprint density at radius 3 is 1.67 bits per heavy atom. The molecule has 0 aliphatic carbocycles. The summed E-state index contributed by atoms with van der Waals surface area (Å²) < 4.78 is 0. The summed E-state index contributed by atoms with van der Waals surface area (Å²) in [4.78, 5) is 2.38. The van der Waals surface area contributed by atoms with Gasteiger partial charge in [-0.15, -0.1) is 0 Å². The standard InChI is InChI=1S/C7H8O.C6H15N/c1-6-4-2-3-5-7(6)8;1-4-7(5-2)6-3/h2-5,8H,1H3;4-6H2,1-3H3. The Labute approximate surface area is 93.5 Å². The predicted octanol–water partition coefficient (Wildman–Crippen LogP) is 3.05. The van der Waals surface area contributed by atoms with Crippen LogP contribution in [0.2, 0.25) is 0 Å². The lowest BCUT2D eigenvalue weighted by molar-refractivity contribution is 0.321. The first-order valence-electron chi connectivity index (χ1n) is 5.62. The largest absolute Gasteiger partial charge is 0.508 e. The molecule has 0 fully saturated rings. The van der Waals surface area contributed by atoms with Crippen molar-refractivity contribution in [2.45, 2.75) is 27.7 Å². The van der Waals surface area contributed by atoms with Crippen LogP contribution in [0.4, 0.5) is 0 Å². The summed E-state index contributed by atoms with van der Waals surface area (Å²) in [5.41, 5.74) is 0.924. The molecule has 15 heavy (non-hydrogen) atoms. The highest BCUT2D eigenvalue weighted by atomic mass is 16.3. The molecule has 2 heteroatoms. The summed E-state index contributed by atoms with van der Waals surface area (Å²) >= 11 is 0. The maximum atomic E-state index is 8.92. The van der Waals surface area contributed by atoms with Crippen LogP contribution < -0.4 is 0 Å². The monoisotopic (exact) mass is 209 g/mol. The molecule has 0 saturated heterocycles. The zero-order valence-corrected chi connectivity index (χ0v) is 10.3. The Morgan fingerprint density at radius 2 is 1.47 bits per heavy atom. The van der Waals surface area contributed by atoms with E-state index in [0.717, 1.165) is 5.56 Å². The molecule has 1 N–H and O–H groups in total. The fraction of sp³-hybridized carbons (Fsp3) is 0.538. The van der Waals surface area contributed by atoms with Crippen LogP contribution in [0.5, 0.6) is 5.75 Å². The van der Waals surface area contributed by atoms with Gasteiger partial charge in [0.2, 0.25) is 0 Å². The molecule has 0 amide bonds. The molecule has 0 saturated carbocycles. The third-order valence-electron chi connectivity index (χ3n) is 2.46. The normalized spacial score (nSPS) is 9.67. The van der Waals surface area contributed by atoms with Crippen molar-refractivity contribution in [2.24, 2.45) is 0 Å². The third kappa shape index (κ3) is 6.13.